The zero-order valence-electron chi connectivity index (χ0n) is 22.1. The van der Waals surface area contributed by atoms with Gasteiger partial charge < -0.3 is 24.3 Å². The van der Waals surface area contributed by atoms with E-state index in [9.17, 15) is 9.59 Å². The first kappa shape index (κ1) is 25.4. The number of likely N-dealkylation sites (tertiary alicyclic amines) is 1. The van der Waals surface area contributed by atoms with E-state index in [0.29, 0.717) is 35.8 Å². The number of aryl methyl sites for hydroxylation is 1. The van der Waals surface area contributed by atoms with Gasteiger partial charge in [0.05, 0.1) is 17.6 Å². The number of benzene rings is 2. The molecule has 202 valence electrons. The number of piperidine rings is 1. The largest absolute Gasteiger partial charge is 0.454 e. The van der Waals surface area contributed by atoms with Crippen LogP contribution in [-0.2, 0) is 4.79 Å². The Morgan fingerprint density at radius 1 is 1.00 bits per heavy atom. The maximum absolute atomic E-state index is 13.3. The topological polar surface area (TPSA) is 98.6 Å². The Balaban J connectivity index is 1.09. The number of anilines is 1. The molecule has 1 fully saturated rings. The second-order valence-electron chi connectivity index (χ2n) is 9.90. The molecule has 6 rings (SSSR count). The maximum Gasteiger partial charge on any atom is 0.257 e. The summed E-state index contributed by atoms with van der Waals surface area (Å²) in [5.74, 6) is 1.26. The van der Waals surface area contributed by atoms with Crippen LogP contribution in [-0.4, -0.2) is 51.1 Å². The first-order valence-corrected chi connectivity index (χ1v) is 13.3. The zero-order chi connectivity index (χ0) is 27.5. The lowest BCUT2D eigenvalue weighted by Crippen LogP contribution is -2.37. The summed E-state index contributed by atoms with van der Waals surface area (Å²) in [6.45, 7) is 3.35. The molecule has 9 nitrogen and oxygen atoms in total. The minimum absolute atomic E-state index is 0.0366. The Kier molecular flexibility index (Phi) is 7.01. The molecular weight excluding hydrogens is 506 g/mol. The van der Waals surface area contributed by atoms with Crippen LogP contribution in [0.5, 0.6) is 11.5 Å². The lowest BCUT2D eigenvalue weighted by atomic mass is 9.89. The molecule has 2 aliphatic rings. The number of hydrogen-bond donors (Lipinski definition) is 1. The fourth-order valence-corrected chi connectivity index (χ4v) is 5.07. The second kappa shape index (κ2) is 11.1. The molecule has 0 unspecified atom stereocenters. The molecular formula is C31H29N5O4. The second-order valence-corrected chi connectivity index (χ2v) is 9.90. The molecule has 2 aliphatic heterocycles. The van der Waals surface area contributed by atoms with E-state index in [1.807, 2.05) is 77.2 Å². The molecule has 0 radical (unpaired) electrons. The van der Waals surface area contributed by atoms with E-state index in [0.717, 1.165) is 35.5 Å². The number of amides is 2. The summed E-state index contributed by atoms with van der Waals surface area (Å²) in [4.78, 5) is 36.9. The van der Waals surface area contributed by atoms with Crippen LogP contribution in [0.3, 0.4) is 0 Å². The molecule has 2 amide bonds. The lowest BCUT2D eigenvalue weighted by Gasteiger charge is -2.32. The standard InChI is InChI=1S/C31H29N5O4/c1-21-2-9-26(31(38)34-24-5-7-25(8-6-24)36-17-14-32-19-36)30(33-21)23-12-15-35(16-13-23)29(37)11-4-22-3-10-27-28(18-22)40-20-39-27/h2-11,14,17-19,23H,12-13,15-16,20H2,1H3,(H,34,38)/b11-4+. The van der Waals surface area contributed by atoms with Gasteiger partial charge >= 0.3 is 0 Å². The van der Waals surface area contributed by atoms with Gasteiger partial charge in [-0.15, -0.1) is 0 Å². The van der Waals surface area contributed by atoms with Crippen molar-refractivity contribution in [3.8, 4) is 17.2 Å². The average Bonchev–Trinajstić information content (AvgIpc) is 3.69. The number of fused-ring (bicyclic) bond motifs is 1. The van der Waals surface area contributed by atoms with Crippen LogP contribution in [0.2, 0.25) is 0 Å². The quantitative estimate of drug-likeness (QED) is 0.350. The Hall–Kier alpha value is -4.92. The smallest absolute Gasteiger partial charge is 0.257 e. The molecule has 2 aromatic heterocycles. The number of carbonyl (C=O) groups is 2. The van der Waals surface area contributed by atoms with Gasteiger partial charge in [-0.1, -0.05) is 6.07 Å². The molecule has 0 saturated carbocycles. The van der Waals surface area contributed by atoms with E-state index < -0.39 is 0 Å². The number of carbonyl (C=O) groups excluding carboxylic acids is 2. The first-order valence-electron chi connectivity index (χ1n) is 13.3. The van der Waals surface area contributed by atoms with Crippen molar-refractivity contribution in [2.45, 2.75) is 25.7 Å². The Labute approximate surface area is 232 Å². The van der Waals surface area contributed by atoms with E-state index in [4.69, 9.17) is 14.5 Å². The van der Waals surface area contributed by atoms with Crippen molar-refractivity contribution in [2.75, 3.05) is 25.2 Å². The molecule has 1 N–H and O–H groups in total. The van der Waals surface area contributed by atoms with E-state index in [-0.39, 0.29) is 24.5 Å². The monoisotopic (exact) mass is 535 g/mol. The summed E-state index contributed by atoms with van der Waals surface area (Å²) in [5.41, 5.74) is 4.76. The number of rotatable bonds is 6. The van der Waals surface area contributed by atoms with Gasteiger partial charge in [-0.25, -0.2) is 4.98 Å². The Bertz CT molecular complexity index is 1560. The highest BCUT2D eigenvalue weighted by molar-refractivity contribution is 6.05. The van der Waals surface area contributed by atoms with E-state index >= 15 is 0 Å². The summed E-state index contributed by atoms with van der Waals surface area (Å²) < 4.78 is 12.7. The maximum atomic E-state index is 13.3. The predicted molar refractivity (Wildman–Crippen MR) is 151 cm³/mol. The summed E-state index contributed by atoms with van der Waals surface area (Å²) >= 11 is 0. The number of pyridine rings is 1. The molecule has 9 heteroatoms. The van der Waals surface area contributed by atoms with Crippen molar-refractivity contribution in [3.05, 3.63) is 102 Å². The third kappa shape index (κ3) is 5.44. The molecule has 0 spiro atoms. The van der Waals surface area contributed by atoms with Crippen molar-refractivity contribution in [1.82, 2.24) is 19.4 Å². The van der Waals surface area contributed by atoms with Crippen molar-refractivity contribution in [1.29, 1.82) is 0 Å². The Morgan fingerprint density at radius 2 is 1.80 bits per heavy atom. The predicted octanol–water partition coefficient (Wildman–Crippen LogP) is 4.98. The highest BCUT2D eigenvalue weighted by Crippen LogP contribution is 2.33. The summed E-state index contributed by atoms with van der Waals surface area (Å²) in [5, 5.41) is 3.01. The molecule has 40 heavy (non-hydrogen) atoms. The summed E-state index contributed by atoms with van der Waals surface area (Å²) in [6.07, 6.45) is 10.2. The summed E-state index contributed by atoms with van der Waals surface area (Å²) in [7, 11) is 0. The Morgan fingerprint density at radius 3 is 2.58 bits per heavy atom. The van der Waals surface area contributed by atoms with Gasteiger partial charge in [0.25, 0.3) is 5.91 Å². The molecule has 2 aromatic carbocycles. The van der Waals surface area contributed by atoms with E-state index in [1.165, 1.54) is 0 Å². The van der Waals surface area contributed by atoms with E-state index in [2.05, 4.69) is 10.3 Å². The number of imidazole rings is 1. The minimum Gasteiger partial charge on any atom is -0.454 e. The third-order valence-corrected chi connectivity index (χ3v) is 7.24. The van der Waals surface area contributed by atoms with Gasteiger partial charge in [0, 0.05) is 54.5 Å². The van der Waals surface area contributed by atoms with Gasteiger partial charge in [0.15, 0.2) is 11.5 Å². The minimum atomic E-state index is -0.192. The van der Waals surface area contributed by atoms with Gasteiger partial charge in [-0.05, 0) is 79.9 Å². The lowest BCUT2D eigenvalue weighted by molar-refractivity contribution is -0.127. The SMILES string of the molecule is Cc1ccc(C(=O)Nc2ccc(-n3ccnc3)cc2)c(C2CCN(C(=O)/C=C/c3ccc4c(c3)OCO4)CC2)n1. The number of ether oxygens (including phenoxy) is 2. The number of aromatic nitrogens is 3. The van der Waals surface area contributed by atoms with Crippen LogP contribution in [0.25, 0.3) is 11.8 Å². The van der Waals surface area contributed by atoms with Crippen LogP contribution in [0.4, 0.5) is 5.69 Å². The number of nitrogens with zero attached hydrogens (tertiary/aromatic N) is 4. The van der Waals surface area contributed by atoms with Crippen LogP contribution in [0, 0.1) is 6.92 Å². The molecule has 1 saturated heterocycles. The molecule has 4 aromatic rings. The fourth-order valence-electron chi connectivity index (χ4n) is 5.07. The van der Waals surface area contributed by atoms with Crippen LogP contribution in [0.15, 0.2) is 79.4 Å². The molecule has 0 atom stereocenters. The van der Waals surface area contributed by atoms with Crippen LogP contribution in [0.1, 0.15) is 46.1 Å². The highest BCUT2D eigenvalue weighted by atomic mass is 16.7. The van der Waals surface area contributed by atoms with Gasteiger partial charge in [0.2, 0.25) is 12.7 Å². The van der Waals surface area contributed by atoms with Crippen molar-refractivity contribution in [2.24, 2.45) is 0 Å². The fraction of sp³-hybridized carbons (Fsp3) is 0.226. The van der Waals surface area contributed by atoms with Crippen LogP contribution < -0.4 is 14.8 Å². The van der Waals surface area contributed by atoms with Gasteiger partial charge in [-0.3, -0.25) is 14.6 Å². The van der Waals surface area contributed by atoms with Crippen molar-refractivity contribution < 1.29 is 19.1 Å². The molecule has 4 heterocycles. The summed E-state index contributed by atoms with van der Waals surface area (Å²) in [6, 6.07) is 16.9. The number of nitrogens with one attached hydrogen (secondary N) is 1. The first-order chi connectivity index (χ1) is 19.5. The third-order valence-electron chi connectivity index (χ3n) is 7.24. The molecule has 0 bridgehead atoms. The normalized spacial score (nSPS) is 15.0. The van der Waals surface area contributed by atoms with Gasteiger partial charge in [-0.2, -0.15) is 0 Å². The van der Waals surface area contributed by atoms with Crippen molar-refractivity contribution in [3.63, 3.8) is 0 Å². The van der Waals surface area contributed by atoms with E-state index in [1.54, 1.807) is 24.7 Å². The molecule has 0 aliphatic carbocycles. The average molecular weight is 536 g/mol. The van der Waals surface area contributed by atoms with Gasteiger partial charge in [0.1, 0.15) is 0 Å². The number of hydrogen-bond acceptors (Lipinski definition) is 6. The van der Waals surface area contributed by atoms with Crippen LogP contribution >= 0.6 is 0 Å². The highest BCUT2D eigenvalue weighted by Gasteiger charge is 2.27. The zero-order valence-corrected chi connectivity index (χ0v) is 22.1. The van der Waals surface area contributed by atoms with Crippen molar-refractivity contribution >= 4 is 23.6 Å².